The Morgan fingerprint density at radius 1 is 1.03 bits per heavy atom. The Morgan fingerprint density at radius 2 is 1.68 bits per heavy atom. The number of carbonyl (C=O) groups excluding carboxylic acids is 2. The van der Waals surface area contributed by atoms with E-state index >= 15 is 0 Å². The van der Waals surface area contributed by atoms with E-state index < -0.39 is 12.1 Å². The first-order valence-electron chi connectivity index (χ1n) is 12.0. The minimum Gasteiger partial charge on any atom is -0.481 e. The van der Waals surface area contributed by atoms with Crippen LogP contribution >= 0.6 is 0 Å². The Balaban J connectivity index is 1.29. The van der Waals surface area contributed by atoms with E-state index in [9.17, 15) is 14.4 Å². The predicted octanol–water partition coefficient (Wildman–Crippen LogP) is 4.31. The van der Waals surface area contributed by atoms with Gasteiger partial charge >= 0.3 is 12.1 Å². The van der Waals surface area contributed by atoms with Crippen LogP contribution in [0.2, 0.25) is 0 Å². The van der Waals surface area contributed by atoms with Crippen molar-refractivity contribution in [1.82, 2.24) is 10.6 Å². The van der Waals surface area contributed by atoms with Gasteiger partial charge in [-0.1, -0.05) is 61.9 Å². The van der Waals surface area contributed by atoms with Crippen LogP contribution < -0.4 is 10.6 Å². The molecule has 7 heteroatoms. The van der Waals surface area contributed by atoms with Crippen LogP contribution in [-0.2, 0) is 14.3 Å². The number of benzene rings is 2. The summed E-state index contributed by atoms with van der Waals surface area (Å²) in [6.07, 6.45) is 2.41. The number of aliphatic carboxylic acids is 1. The lowest BCUT2D eigenvalue weighted by Gasteiger charge is -2.22. The van der Waals surface area contributed by atoms with Gasteiger partial charge in [0.15, 0.2) is 0 Å². The maximum Gasteiger partial charge on any atom is 0.407 e. The average Bonchev–Trinajstić information content (AvgIpc) is 3.42. The molecule has 0 bridgehead atoms. The van der Waals surface area contributed by atoms with Crippen LogP contribution in [-0.4, -0.2) is 42.3 Å². The molecule has 2 aliphatic carbocycles. The van der Waals surface area contributed by atoms with Crippen molar-refractivity contribution in [3.63, 3.8) is 0 Å². The molecule has 0 saturated heterocycles. The normalized spacial score (nSPS) is 19.7. The molecule has 2 amide bonds. The van der Waals surface area contributed by atoms with E-state index in [1.165, 1.54) is 11.1 Å². The van der Waals surface area contributed by atoms with Gasteiger partial charge in [-0.15, -0.1) is 0 Å². The fourth-order valence-electron chi connectivity index (χ4n) is 5.12. The maximum absolute atomic E-state index is 12.7. The summed E-state index contributed by atoms with van der Waals surface area (Å²) in [6, 6.07) is 16.1. The lowest BCUT2D eigenvalue weighted by molar-refractivity contribution is -0.137. The second-order valence-electron chi connectivity index (χ2n) is 9.40. The van der Waals surface area contributed by atoms with Crippen LogP contribution in [0, 0.1) is 11.8 Å². The maximum atomic E-state index is 12.7. The first kappa shape index (κ1) is 23.8. The third kappa shape index (κ3) is 5.41. The first-order chi connectivity index (χ1) is 16.4. The van der Waals surface area contributed by atoms with E-state index in [1.54, 1.807) is 0 Å². The first-order valence-corrected chi connectivity index (χ1v) is 12.0. The molecule has 0 aliphatic heterocycles. The number of amides is 2. The molecule has 0 radical (unpaired) electrons. The third-order valence-corrected chi connectivity index (χ3v) is 6.98. The Morgan fingerprint density at radius 3 is 2.32 bits per heavy atom. The number of carboxylic acids is 1. The molecule has 7 nitrogen and oxygen atoms in total. The quantitative estimate of drug-likeness (QED) is 0.513. The minimum absolute atomic E-state index is 0.00638. The van der Waals surface area contributed by atoms with Gasteiger partial charge in [-0.3, -0.25) is 9.59 Å². The molecule has 34 heavy (non-hydrogen) atoms. The fourth-order valence-corrected chi connectivity index (χ4v) is 5.12. The molecular formula is C27H32N2O5. The van der Waals surface area contributed by atoms with Gasteiger partial charge < -0.3 is 20.5 Å². The third-order valence-electron chi connectivity index (χ3n) is 6.98. The van der Waals surface area contributed by atoms with Crippen LogP contribution in [0.15, 0.2) is 48.5 Å². The van der Waals surface area contributed by atoms with E-state index in [-0.39, 0.29) is 42.7 Å². The summed E-state index contributed by atoms with van der Waals surface area (Å²) in [7, 11) is 0. The largest absolute Gasteiger partial charge is 0.481 e. The SMILES string of the molecule is CC(CCC(=O)O)CNC(=O)C1CCCC1NC(=O)OCC1c2ccccc2-c2ccccc21. The number of hydrogen-bond donors (Lipinski definition) is 3. The number of fused-ring (bicyclic) bond motifs is 3. The number of carbonyl (C=O) groups is 3. The topological polar surface area (TPSA) is 105 Å². The molecule has 2 aromatic rings. The predicted molar refractivity (Wildman–Crippen MR) is 128 cm³/mol. The molecule has 0 spiro atoms. The fraction of sp³-hybridized carbons (Fsp3) is 0.444. The molecule has 3 atom stereocenters. The molecule has 2 aromatic carbocycles. The Labute approximate surface area is 199 Å². The Hall–Kier alpha value is -3.35. The van der Waals surface area contributed by atoms with E-state index in [0.717, 1.165) is 24.0 Å². The van der Waals surface area contributed by atoms with Gasteiger partial charge in [-0.2, -0.15) is 0 Å². The van der Waals surface area contributed by atoms with Crippen LogP contribution in [0.5, 0.6) is 0 Å². The van der Waals surface area contributed by atoms with E-state index in [1.807, 2.05) is 31.2 Å². The highest BCUT2D eigenvalue weighted by atomic mass is 16.5. The second-order valence-corrected chi connectivity index (χ2v) is 9.40. The van der Waals surface area contributed by atoms with Crippen molar-refractivity contribution >= 4 is 18.0 Å². The van der Waals surface area contributed by atoms with Crippen LogP contribution in [0.3, 0.4) is 0 Å². The molecule has 3 N–H and O–H groups in total. The Bertz CT molecular complexity index is 1010. The number of alkyl carbamates (subject to hydrolysis) is 1. The lowest BCUT2D eigenvalue weighted by atomic mass is 9.98. The highest BCUT2D eigenvalue weighted by Crippen LogP contribution is 2.44. The van der Waals surface area contributed by atoms with Crippen molar-refractivity contribution in [2.45, 2.75) is 51.0 Å². The van der Waals surface area contributed by atoms with E-state index in [2.05, 4.69) is 34.9 Å². The summed E-state index contributed by atoms with van der Waals surface area (Å²) >= 11 is 0. The van der Waals surface area contributed by atoms with Crippen LogP contribution in [0.25, 0.3) is 11.1 Å². The van der Waals surface area contributed by atoms with Crippen molar-refractivity contribution in [2.24, 2.45) is 11.8 Å². The number of nitrogens with one attached hydrogen (secondary N) is 2. The summed E-state index contributed by atoms with van der Waals surface area (Å²) in [5, 5.41) is 14.6. The number of rotatable bonds is 9. The second kappa shape index (κ2) is 10.7. The molecule has 0 heterocycles. The monoisotopic (exact) mass is 464 g/mol. The molecule has 0 aromatic heterocycles. The van der Waals surface area contributed by atoms with Gasteiger partial charge in [0.05, 0.1) is 5.92 Å². The number of carboxylic acid groups (broad SMARTS) is 1. The van der Waals surface area contributed by atoms with Gasteiger partial charge in [0.25, 0.3) is 0 Å². The highest BCUT2D eigenvalue weighted by molar-refractivity contribution is 5.81. The molecule has 1 saturated carbocycles. The zero-order valence-corrected chi connectivity index (χ0v) is 19.5. The van der Waals surface area contributed by atoms with Gasteiger partial charge in [0.2, 0.25) is 5.91 Å². The molecule has 2 aliphatic rings. The highest BCUT2D eigenvalue weighted by Gasteiger charge is 2.35. The summed E-state index contributed by atoms with van der Waals surface area (Å²) in [5.41, 5.74) is 4.67. The summed E-state index contributed by atoms with van der Waals surface area (Å²) < 4.78 is 5.64. The number of hydrogen-bond acceptors (Lipinski definition) is 4. The van der Waals surface area contributed by atoms with Crippen molar-refractivity contribution in [1.29, 1.82) is 0 Å². The molecule has 1 fully saturated rings. The van der Waals surface area contributed by atoms with Crippen molar-refractivity contribution in [3.05, 3.63) is 59.7 Å². The van der Waals surface area contributed by atoms with Crippen LogP contribution in [0.4, 0.5) is 4.79 Å². The van der Waals surface area contributed by atoms with E-state index in [0.29, 0.717) is 19.4 Å². The smallest absolute Gasteiger partial charge is 0.407 e. The standard InChI is InChI=1S/C27H32N2O5/c1-17(13-14-25(30)31)15-28-26(32)22-11-6-12-24(22)29-27(33)34-16-23-20-9-4-2-7-18(20)19-8-3-5-10-21(19)23/h2-5,7-10,17,22-24H,6,11-16H2,1H3,(H,28,32)(H,29,33)(H,30,31). The minimum atomic E-state index is -0.832. The van der Waals surface area contributed by atoms with Crippen molar-refractivity contribution < 1.29 is 24.2 Å². The zero-order valence-electron chi connectivity index (χ0n) is 19.5. The Kier molecular flexibility index (Phi) is 7.50. The van der Waals surface area contributed by atoms with Crippen LogP contribution in [0.1, 0.15) is 56.1 Å². The molecule has 180 valence electrons. The van der Waals surface area contributed by atoms with Crippen molar-refractivity contribution in [3.8, 4) is 11.1 Å². The average molecular weight is 465 g/mol. The number of ether oxygens (including phenoxy) is 1. The lowest BCUT2D eigenvalue weighted by Crippen LogP contribution is -2.45. The summed E-state index contributed by atoms with van der Waals surface area (Å²) in [4.78, 5) is 36.1. The zero-order chi connectivity index (χ0) is 24.1. The summed E-state index contributed by atoms with van der Waals surface area (Å²) in [5.74, 6) is -1.15. The summed E-state index contributed by atoms with van der Waals surface area (Å²) in [6.45, 7) is 2.59. The van der Waals surface area contributed by atoms with Gasteiger partial charge in [0.1, 0.15) is 6.61 Å². The molecular weight excluding hydrogens is 432 g/mol. The van der Waals surface area contributed by atoms with Gasteiger partial charge in [-0.05, 0) is 47.4 Å². The molecule has 3 unspecified atom stereocenters. The van der Waals surface area contributed by atoms with E-state index in [4.69, 9.17) is 9.84 Å². The van der Waals surface area contributed by atoms with Gasteiger partial charge in [-0.25, -0.2) is 4.79 Å². The molecule has 4 rings (SSSR count). The van der Waals surface area contributed by atoms with Gasteiger partial charge in [0, 0.05) is 24.9 Å². The van der Waals surface area contributed by atoms with Crippen molar-refractivity contribution in [2.75, 3.05) is 13.2 Å².